The lowest BCUT2D eigenvalue weighted by molar-refractivity contribution is -0.133. The monoisotopic (exact) mass is 750 g/mol. The third-order valence-corrected chi connectivity index (χ3v) is 8.45. The Morgan fingerprint density at radius 1 is 0.566 bits per heavy atom. The standard InChI is InChI=1S/C38H39O14P/c1-23(39)49-37-33(45-3)17-25(18-34(37)46-4)13-15-31(41)27-9-7-11-29(21-27)51-53(43,44)52-30-12-8-10-28(22-30)32(42)16-14-26-19-35(47-5)38(50-24(2)40)36(20-26)48-6/h7-12,17-22H,13-16H2,1-6H3,(H,43,44). The number of esters is 2. The first-order valence-corrected chi connectivity index (χ1v) is 17.6. The molecule has 0 fully saturated rings. The fourth-order valence-corrected chi connectivity index (χ4v) is 5.99. The van der Waals surface area contributed by atoms with E-state index in [1.165, 1.54) is 78.7 Å². The molecule has 0 aliphatic rings. The maximum absolute atomic E-state index is 13.1. The summed E-state index contributed by atoms with van der Waals surface area (Å²) in [5, 5.41) is 0. The molecule has 0 unspecified atom stereocenters. The third-order valence-electron chi connectivity index (χ3n) is 7.57. The van der Waals surface area contributed by atoms with Crippen LogP contribution in [-0.2, 0) is 27.0 Å². The number of aryl methyl sites for hydroxylation is 2. The summed E-state index contributed by atoms with van der Waals surface area (Å²) in [4.78, 5) is 59.8. The number of Topliss-reactive ketones (excluding diaryl/α,β-unsaturated/α-hetero) is 2. The van der Waals surface area contributed by atoms with Crippen molar-refractivity contribution in [3.05, 3.63) is 95.1 Å². The average Bonchev–Trinajstić information content (AvgIpc) is 3.12. The molecule has 0 aliphatic heterocycles. The van der Waals surface area contributed by atoms with Crippen molar-refractivity contribution in [2.45, 2.75) is 39.5 Å². The van der Waals surface area contributed by atoms with Crippen LogP contribution in [0.2, 0.25) is 0 Å². The molecule has 0 saturated heterocycles. The van der Waals surface area contributed by atoms with Crippen LogP contribution in [0.4, 0.5) is 0 Å². The molecule has 0 bridgehead atoms. The second-order valence-electron chi connectivity index (χ2n) is 11.4. The van der Waals surface area contributed by atoms with E-state index in [2.05, 4.69) is 0 Å². The number of ether oxygens (including phenoxy) is 6. The van der Waals surface area contributed by atoms with Crippen LogP contribution in [0.1, 0.15) is 58.5 Å². The van der Waals surface area contributed by atoms with E-state index in [4.69, 9.17) is 37.5 Å². The van der Waals surface area contributed by atoms with Gasteiger partial charge in [-0.1, -0.05) is 24.3 Å². The predicted molar refractivity (Wildman–Crippen MR) is 191 cm³/mol. The Kier molecular flexibility index (Phi) is 13.6. The van der Waals surface area contributed by atoms with Crippen LogP contribution in [0.5, 0.6) is 46.0 Å². The van der Waals surface area contributed by atoms with Crippen molar-refractivity contribution in [3.63, 3.8) is 0 Å². The highest BCUT2D eigenvalue weighted by atomic mass is 31.2. The summed E-state index contributed by atoms with van der Waals surface area (Å²) in [7, 11) is 0.875. The van der Waals surface area contributed by atoms with Crippen LogP contribution < -0.4 is 37.5 Å². The summed E-state index contributed by atoms with van der Waals surface area (Å²) in [6.07, 6.45) is 0.658. The van der Waals surface area contributed by atoms with E-state index >= 15 is 0 Å². The largest absolute Gasteiger partial charge is 0.584 e. The Hall–Kier alpha value is -5.85. The molecule has 0 atom stereocenters. The van der Waals surface area contributed by atoms with Crippen LogP contribution >= 0.6 is 7.82 Å². The van der Waals surface area contributed by atoms with E-state index in [0.717, 1.165) is 0 Å². The van der Waals surface area contributed by atoms with Gasteiger partial charge in [0.2, 0.25) is 11.5 Å². The van der Waals surface area contributed by atoms with Gasteiger partial charge in [-0.25, -0.2) is 4.57 Å². The van der Waals surface area contributed by atoms with E-state index in [1.807, 2.05) is 0 Å². The number of carbonyl (C=O) groups is 4. The molecule has 280 valence electrons. The molecule has 4 aromatic rings. The van der Waals surface area contributed by atoms with Crippen molar-refractivity contribution >= 4 is 31.3 Å². The van der Waals surface area contributed by atoms with Crippen molar-refractivity contribution in [1.29, 1.82) is 0 Å². The molecule has 15 heteroatoms. The third kappa shape index (κ3) is 11.1. The Morgan fingerprint density at radius 2 is 0.906 bits per heavy atom. The topological polar surface area (TPSA) is 179 Å². The molecule has 4 aromatic carbocycles. The van der Waals surface area contributed by atoms with Gasteiger partial charge in [-0.2, -0.15) is 0 Å². The molecule has 1 N–H and O–H groups in total. The first-order valence-electron chi connectivity index (χ1n) is 16.1. The van der Waals surface area contributed by atoms with E-state index in [0.29, 0.717) is 11.1 Å². The van der Waals surface area contributed by atoms with Gasteiger partial charge in [0.25, 0.3) is 0 Å². The van der Waals surface area contributed by atoms with Crippen molar-refractivity contribution < 1.29 is 66.1 Å². The van der Waals surface area contributed by atoms with E-state index in [1.54, 1.807) is 36.4 Å². The van der Waals surface area contributed by atoms with Gasteiger partial charge in [0.15, 0.2) is 34.6 Å². The SMILES string of the molecule is COc1cc(CCC(=O)c2cccc(OP(=O)(O)Oc3cccc(C(=O)CCc4cc(OC)c(OC(C)=O)c(OC)c4)c3)c2)cc(OC)c1OC(C)=O. The van der Waals surface area contributed by atoms with Gasteiger partial charge >= 0.3 is 19.8 Å². The van der Waals surface area contributed by atoms with E-state index < -0.39 is 19.8 Å². The number of phosphoric acid groups is 1. The molecule has 0 spiro atoms. The second-order valence-corrected chi connectivity index (χ2v) is 12.7. The minimum Gasteiger partial charge on any atom is -0.493 e. The highest BCUT2D eigenvalue weighted by molar-refractivity contribution is 7.48. The molecule has 0 aromatic heterocycles. The van der Waals surface area contributed by atoms with E-state index in [-0.39, 0.29) is 94.4 Å². The number of hydrogen-bond donors (Lipinski definition) is 1. The summed E-state index contributed by atoms with van der Waals surface area (Å²) >= 11 is 0. The summed E-state index contributed by atoms with van der Waals surface area (Å²) in [5.74, 6) is -0.547. The lowest BCUT2D eigenvalue weighted by Gasteiger charge is -2.15. The molecule has 0 saturated carbocycles. The van der Waals surface area contributed by atoms with Gasteiger partial charge in [-0.3, -0.25) is 24.1 Å². The van der Waals surface area contributed by atoms with Crippen molar-refractivity contribution in [2.75, 3.05) is 28.4 Å². The zero-order chi connectivity index (χ0) is 38.7. The second kappa shape index (κ2) is 18.1. The number of benzene rings is 4. The zero-order valence-corrected chi connectivity index (χ0v) is 30.9. The van der Waals surface area contributed by atoms with Gasteiger partial charge in [0.1, 0.15) is 11.5 Å². The summed E-state index contributed by atoms with van der Waals surface area (Å²) in [6, 6.07) is 18.1. The minimum absolute atomic E-state index is 0.0530. The van der Waals surface area contributed by atoms with Crippen LogP contribution in [-0.4, -0.2) is 56.8 Å². The lowest BCUT2D eigenvalue weighted by atomic mass is 10.0. The number of phosphoric ester groups is 1. The van der Waals surface area contributed by atoms with Crippen LogP contribution in [0.25, 0.3) is 0 Å². The van der Waals surface area contributed by atoms with Crippen LogP contribution in [0, 0.1) is 0 Å². The molecule has 0 heterocycles. The van der Waals surface area contributed by atoms with Gasteiger partial charge in [-0.05, 0) is 72.5 Å². The van der Waals surface area contributed by atoms with Crippen molar-refractivity contribution in [3.8, 4) is 46.0 Å². The van der Waals surface area contributed by atoms with Gasteiger partial charge in [-0.15, -0.1) is 0 Å². The summed E-state index contributed by atoms with van der Waals surface area (Å²) in [5.41, 5.74) is 1.81. The fourth-order valence-electron chi connectivity index (χ4n) is 5.19. The quantitative estimate of drug-likeness (QED) is 0.0488. The molecule has 0 amide bonds. The van der Waals surface area contributed by atoms with Crippen molar-refractivity contribution in [2.24, 2.45) is 0 Å². The predicted octanol–water partition coefficient (Wildman–Crippen LogP) is 6.76. The van der Waals surface area contributed by atoms with Gasteiger partial charge < -0.3 is 37.5 Å². The molecule has 0 radical (unpaired) electrons. The van der Waals surface area contributed by atoms with Gasteiger partial charge in [0.05, 0.1) is 28.4 Å². The highest BCUT2D eigenvalue weighted by Crippen LogP contribution is 2.45. The first kappa shape index (κ1) is 39.9. The molecular formula is C38H39O14P. The summed E-state index contributed by atoms with van der Waals surface area (Å²) in [6.45, 7) is 2.51. The van der Waals surface area contributed by atoms with Gasteiger partial charge in [0, 0.05) is 37.8 Å². The Bertz CT molecular complexity index is 1850. The van der Waals surface area contributed by atoms with Crippen LogP contribution in [0.15, 0.2) is 72.8 Å². The lowest BCUT2D eigenvalue weighted by Crippen LogP contribution is -2.07. The molecule has 4 rings (SSSR count). The molecule has 0 aliphatic carbocycles. The van der Waals surface area contributed by atoms with E-state index in [9.17, 15) is 28.6 Å². The maximum atomic E-state index is 13.1. The maximum Gasteiger partial charge on any atom is 0.584 e. The number of ketones is 2. The fraction of sp³-hybridized carbons (Fsp3) is 0.263. The minimum atomic E-state index is -4.78. The normalized spacial score (nSPS) is 10.8. The Balaban J connectivity index is 1.39. The number of methoxy groups -OCH3 is 4. The summed E-state index contributed by atoms with van der Waals surface area (Å²) < 4.78 is 55.3. The molecule has 14 nitrogen and oxygen atoms in total. The molecular weight excluding hydrogens is 711 g/mol. The smallest absolute Gasteiger partial charge is 0.493 e. The number of rotatable bonds is 18. The molecule has 53 heavy (non-hydrogen) atoms. The van der Waals surface area contributed by atoms with Crippen LogP contribution in [0.3, 0.4) is 0 Å². The first-order chi connectivity index (χ1) is 25.2. The number of hydrogen-bond acceptors (Lipinski definition) is 13. The number of carbonyl (C=O) groups excluding carboxylic acids is 4. The Morgan fingerprint density at radius 3 is 1.21 bits per heavy atom. The Labute approximate surface area is 306 Å². The van der Waals surface area contributed by atoms with Crippen molar-refractivity contribution in [1.82, 2.24) is 0 Å². The zero-order valence-electron chi connectivity index (χ0n) is 30.0. The average molecular weight is 751 g/mol. The highest BCUT2D eigenvalue weighted by Gasteiger charge is 2.26.